The van der Waals surface area contributed by atoms with Crippen LogP contribution in [0.2, 0.25) is 0 Å². The van der Waals surface area contributed by atoms with Crippen LogP contribution in [0.1, 0.15) is 33.9 Å². The second-order valence-electron chi connectivity index (χ2n) is 7.98. The van der Waals surface area contributed by atoms with E-state index in [9.17, 15) is 14.4 Å². The maximum atomic E-state index is 13.4. The van der Waals surface area contributed by atoms with Gasteiger partial charge in [0.1, 0.15) is 11.7 Å². The second kappa shape index (κ2) is 9.17. The molecule has 0 bridgehead atoms. The topological polar surface area (TPSA) is 82.3 Å². The van der Waals surface area contributed by atoms with Gasteiger partial charge in [0, 0.05) is 30.7 Å². The van der Waals surface area contributed by atoms with Crippen LogP contribution in [-0.2, 0) is 9.59 Å². The van der Waals surface area contributed by atoms with Gasteiger partial charge in [-0.2, -0.15) is 0 Å². The van der Waals surface area contributed by atoms with Crippen LogP contribution in [0.4, 0.5) is 0 Å². The third kappa shape index (κ3) is 4.26. The molecule has 2 heterocycles. The predicted octanol–water partition coefficient (Wildman–Crippen LogP) is 0.304. The van der Waals surface area contributed by atoms with E-state index >= 15 is 0 Å². The van der Waals surface area contributed by atoms with Gasteiger partial charge in [0.15, 0.2) is 18.2 Å². The fourth-order valence-corrected chi connectivity index (χ4v) is 4.01. The second-order valence-corrected chi connectivity index (χ2v) is 7.98. The van der Waals surface area contributed by atoms with Crippen molar-refractivity contribution in [2.24, 2.45) is 5.92 Å². The molecule has 158 valence electrons. The van der Waals surface area contributed by atoms with E-state index in [2.05, 4.69) is 4.98 Å². The molecule has 2 unspecified atom stereocenters. The van der Waals surface area contributed by atoms with Crippen LogP contribution in [0.15, 0.2) is 42.7 Å². The zero-order valence-electron chi connectivity index (χ0n) is 17.9. The summed E-state index contributed by atoms with van der Waals surface area (Å²) in [4.78, 5) is 45.0. The minimum absolute atomic E-state index is 0.335. The van der Waals surface area contributed by atoms with Crippen molar-refractivity contribution in [3.8, 4) is 5.75 Å². The lowest BCUT2D eigenvalue weighted by atomic mass is 9.86. The number of amides is 1. The molecule has 30 heavy (non-hydrogen) atoms. The number of Topliss-reactive ketones (excluding diaryl/α,β-unsaturated/α-hetero) is 2. The Balaban J connectivity index is 1.98. The first-order valence-corrected chi connectivity index (χ1v) is 10.1. The number of benzene rings is 1. The zero-order valence-corrected chi connectivity index (χ0v) is 17.9. The molecule has 2 aromatic rings. The molecule has 0 aliphatic carbocycles. The van der Waals surface area contributed by atoms with Gasteiger partial charge in [0.25, 0.3) is 5.91 Å². The van der Waals surface area contributed by atoms with Crippen molar-refractivity contribution < 1.29 is 29.0 Å². The molecule has 0 saturated carbocycles. The van der Waals surface area contributed by atoms with Gasteiger partial charge in [-0.3, -0.25) is 14.4 Å². The molecule has 0 spiro atoms. The van der Waals surface area contributed by atoms with Crippen LogP contribution in [0.25, 0.3) is 0 Å². The zero-order chi connectivity index (χ0) is 21.8. The van der Waals surface area contributed by atoms with Gasteiger partial charge in [0.05, 0.1) is 33.8 Å². The van der Waals surface area contributed by atoms with E-state index in [-0.39, 0.29) is 5.78 Å². The molecule has 1 saturated heterocycles. The first-order valence-electron chi connectivity index (χ1n) is 10.1. The summed E-state index contributed by atoms with van der Waals surface area (Å²) in [5.74, 6) is -1.94. The minimum atomic E-state index is -1.06. The normalized spacial score (nSPS) is 18.9. The van der Waals surface area contributed by atoms with Crippen LogP contribution >= 0.6 is 0 Å². The average molecular weight is 412 g/mol. The number of ketones is 2. The SMILES string of the molecule is COc1ccc(C(=O)C2C(=O)C(=O)N(CCC[NH+](C)C)C2c2cc[nH+]cc2)cc1C. The van der Waals surface area contributed by atoms with Gasteiger partial charge >= 0.3 is 0 Å². The summed E-state index contributed by atoms with van der Waals surface area (Å²) in [6.07, 6.45) is 4.23. The number of aryl methyl sites for hydroxylation is 1. The number of hydrogen-bond acceptors (Lipinski definition) is 4. The highest BCUT2D eigenvalue weighted by molar-refractivity contribution is 6.44. The first kappa shape index (κ1) is 21.6. The lowest BCUT2D eigenvalue weighted by Crippen LogP contribution is -3.05. The van der Waals surface area contributed by atoms with E-state index in [0.717, 1.165) is 24.1 Å². The number of aromatic amines is 1. The Morgan fingerprint density at radius 3 is 2.47 bits per heavy atom. The standard InChI is InChI=1S/C23H27N3O4/c1-15-14-17(6-7-18(15)30-4)21(27)19-20(16-8-10-24-11-9-16)26(23(29)22(19)28)13-5-12-25(2)3/h6-11,14,19-20H,5,12-13H2,1-4H3/p+2. The van der Waals surface area contributed by atoms with E-state index in [4.69, 9.17) is 4.74 Å². The summed E-state index contributed by atoms with van der Waals surface area (Å²) in [6, 6.07) is 8.12. The summed E-state index contributed by atoms with van der Waals surface area (Å²) >= 11 is 0. The number of quaternary nitrogens is 1. The van der Waals surface area contributed by atoms with Crippen LogP contribution in [-0.4, -0.2) is 56.7 Å². The Kier molecular flexibility index (Phi) is 6.62. The van der Waals surface area contributed by atoms with Gasteiger partial charge in [0.2, 0.25) is 5.78 Å². The fourth-order valence-electron chi connectivity index (χ4n) is 4.01. The number of carbonyl (C=O) groups is 3. The van der Waals surface area contributed by atoms with Gasteiger partial charge in [-0.1, -0.05) is 0 Å². The van der Waals surface area contributed by atoms with Crippen LogP contribution in [0.3, 0.4) is 0 Å². The number of nitrogens with zero attached hydrogens (tertiary/aromatic N) is 1. The number of hydrogen-bond donors (Lipinski definition) is 1. The molecule has 1 aliphatic rings. The molecular formula is C23H29N3O4+2. The van der Waals surface area contributed by atoms with Crippen molar-refractivity contribution in [1.29, 1.82) is 0 Å². The summed E-state index contributed by atoms with van der Waals surface area (Å²) in [7, 11) is 5.65. The van der Waals surface area contributed by atoms with E-state index < -0.39 is 23.7 Å². The lowest BCUT2D eigenvalue weighted by molar-refractivity contribution is -0.858. The van der Waals surface area contributed by atoms with Gasteiger partial charge < -0.3 is 14.5 Å². The van der Waals surface area contributed by atoms with E-state index in [1.54, 1.807) is 42.6 Å². The lowest BCUT2D eigenvalue weighted by Gasteiger charge is -2.27. The van der Waals surface area contributed by atoms with Crippen molar-refractivity contribution in [2.45, 2.75) is 19.4 Å². The maximum Gasteiger partial charge on any atom is 0.291 e. The number of methoxy groups -OCH3 is 1. The van der Waals surface area contributed by atoms with Crippen molar-refractivity contribution in [1.82, 2.24) is 4.90 Å². The third-order valence-electron chi connectivity index (χ3n) is 5.53. The van der Waals surface area contributed by atoms with Crippen molar-refractivity contribution in [2.75, 3.05) is 34.3 Å². The van der Waals surface area contributed by atoms with E-state index in [1.165, 1.54) is 4.90 Å². The van der Waals surface area contributed by atoms with Crippen molar-refractivity contribution in [3.63, 3.8) is 0 Å². The average Bonchev–Trinajstić information content (AvgIpc) is 2.98. The number of pyridine rings is 1. The molecule has 2 atom stereocenters. The molecule has 1 aromatic heterocycles. The fraction of sp³-hybridized carbons (Fsp3) is 0.391. The molecule has 3 rings (SSSR count). The number of rotatable bonds is 8. The Labute approximate surface area is 176 Å². The number of nitrogens with one attached hydrogen (secondary N) is 2. The molecule has 2 N–H and O–H groups in total. The highest BCUT2D eigenvalue weighted by Crippen LogP contribution is 2.38. The maximum absolute atomic E-state index is 13.4. The van der Waals surface area contributed by atoms with Crippen LogP contribution < -0.4 is 14.6 Å². The number of H-pyrrole nitrogens is 1. The van der Waals surface area contributed by atoms with Crippen LogP contribution in [0, 0.1) is 12.8 Å². The van der Waals surface area contributed by atoms with Crippen molar-refractivity contribution >= 4 is 17.5 Å². The molecule has 1 amide bonds. The summed E-state index contributed by atoms with van der Waals surface area (Å²) < 4.78 is 5.27. The predicted molar refractivity (Wildman–Crippen MR) is 110 cm³/mol. The summed E-state index contributed by atoms with van der Waals surface area (Å²) in [5.41, 5.74) is 1.98. The van der Waals surface area contributed by atoms with Crippen LogP contribution in [0.5, 0.6) is 5.75 Å². The Morgan fingerprint density at radius 2 is 1.87 bits per heavy atom. The third-order valence-corrected chi connectivity index (χ3v) is 5.53. The quantitative estimate of drug-likeness (QED) is 0.385. The monoisotopic (exact) mass is 411 g/mol. The molecule has 7 nitrogen and oxygen atoms in total. The summed E-state index contributed by atoms with van der Waals surface area (Å²) in [6.45, 7) is 3.14. The largest absolute Gasteiger partial charge is 0.496 e. The summed E-state index contributed by atoms with van der Waals surface area (Å²) in [5, 5.41) is 0. The molecule has 7 heteroatoms. The van der Waals surface area contributed by atoms with E-state index in [1.807, 2.05) is 33.2 Å². The number of aromatic nitrogens is 1. The Bertz CT molecular complexity index is 943. The van der Waals surface area contributed by atoms with Gasteiger partial charge in [-0.15, -0.1) is 0 Å². The smallest absolute Gasteiger partial charge is 0.291 e. The Morgan fingerprint density at radius 1 is 1.17 bits per heavy atom. The molecule has 0 radical (unpaired) electrons. The van der Waals surface area contributed by atoms with Crippen molar-refractivity contribution in [3.05, 3.63) is 59.4 Å². The minimum Gasteiger partial charge on any atom is -0.496 e. The number of carbonyl (C=O) groups excluding carboxylic acids is 3. The van der Waals surface area contributed by atoms with Gasteiger partial charge in [-0.05, 0) is 36.2 Å². The Hall–Kier alpha value is -3.06. The molecule has 1 aromatic carbocycles. The number of ether oxygens (including phenoxy) is 1. The first-order chi connectivity index (χ1) is 14.3. The number of likely N-dealkylation sites (tertiary alicyclic amines) is 1. The van der Waals surface area contributed by atoms with E-state index in [0.29, 0.717) is 17.9 Å². The van der Waals surface area contributed by atoms with Gasteiger partial charge in [-0.25, -0.2) is 4.98 Å². The molecule has 1 fully saturated rings. The highest BCUT2D eigenvalue weighted by Gasteiger charge is 2.51. The molecular weight excluding hydrogens is 382 g/mol. The molecule has 1 aliphatic heterocycles. The highest BCUT2D eigenvalue weighted by atomic mass is 16.5.